The van der Waals surface area contributed by atoms with Crippen molar-refractivity contribution in [1.82, 2.24) is 4.98 Å². The van der Waals surface area contributed by atoms with Gasteiger partial charge < -0.3 is 14.8 Å². The minimum absolute atomic E-state index is 0.297. The van der Waals surface area contributed by atoms with E-state index >= 15 is 0 Å². The number of carbonyl (C=O) groups is 2. The van der Waals surface area contributed by atoms with Crippen molar-refractivity contribution in [2.24, 2.45) is 0 Å². The van der Waals surface area contributed by atoms with Gasteiger partial charge in [0.15, 0.2) is 12.7 Å². The van der Waals surface area contributed by atoms with Crippen LogP contribution in [0.3, 0.4) is 0 Å². The second-order valence-corrected chi connectivity index (χ2v) is 5.34. The maximum Gasteiger partial charge on any atom is 0.344 e. The van der Waals surface area contributed by atoms with E-state index in [-0.39, 0.29) is 6.61 Å². The van der Waals surface area contributed by atoms with E-state index in [0.717, 1.165) is 0 Å². The summed E-state index contributed by atoms with van der Waals surface area (Å²) in [5.74, 6) is -0.512. The Morgan fingerprint density at radius 3 is 2.60 bits per heavy atom. The van der Waals surface area contributed by atoms with E-state index in [1.165, 1.54) is 19.2 Å². The van der Waals surface area contributed by atoms with Crippen LogP contribution in [0.1, 0.15) is 12.5 Å². The lowest BCUT2D eigenvalue weighted by atomic mass is 10.2. The summed E-state index contributed by atoms with van der Waals surface area (Å²) in [7, 11) is 0. The van der Waals surface area contributed by atoms with E-state index in [0.29, 0.717) is 22.2 Å². The SMILES string of the molecule is C[C@H](OC(=O)COc1ccc(C#N)cc1)C(=O)Nc1ccc(Cl)cn1. The Hall–Kier alpha value is -3.11. The number of hydrogen-bond donors (Lipinski definition) is 1. The first kappa shape index (κ1) is 18.2. The molecule has 25 heavy (non-hydrogen) atoms. The maximum atomic E-state index is 11.9. The van der Waals surface area contributed by atoms with Crippen LogP contribution in [0.5, 0.6) is 5.75 Å². The highest BCUT2D eigenvalue weighted by atomic mass is 35.5. The maximum absolute atomic E-state index is 11.9. The van der Waals surface area contributed by atoms with Crippen molar-refractivity contribution in [2.75, 3.05) is 11.9 Å². The number of nitriles is 1. The van der Waals surface area contributed by atoms with Gasteiger partial charge in [-0.05, 0) is 43.3 Å². The standard InChI is InChI=1S/C17H14ClN3O4/c1-11(17(23)21-15-7-4-13(18)9-20-15)25-16(22)10-24-14-5-2-12(8-19)3-6-14/h2-7,9,11H,10H2,1H3,(H,20,21,23)/t11-/m0/s1. The molecule has 1 heterocycles. The molecule has 0 saturated carbocycles. The molecule has 1 amide bonds. The molecule has 0 bridgehead atoms. The molecular formula is C17H14ClN3O4. The number of nitrogens with one attached hydrogen (secondary N) is 1. The van der Waals surface area contributed by atoms with Crippen LogP contribution in [0.4, 0.5) is 5.82 Å². The number of carbonyl (C=O) groups excluding carboxylic acids is 2. The summed E-state index contributed by atoms with van der Waals surface area (Å²) in [6.07, 6.45) is 0.369. The molecule has 0 aliphatic rings. The van der Waals surface area contributed by atoms with Gasteiger partial charge in [0.2, 0.25) is 0 Å². The van der Waals surface area contributed by atoms with Crippen LogP contribution in [-0.2, 0) is 14.3 Å². The first-order valence-corrected chi connectivity index (χ1v) is 7.60. The van der Waals surface area contributed by atoms with Gasteiger partial charge in [0.1, 0.15) is 11.6 Å². The van der Waals surface area contributed by atoms with Crippen LogP contribution in [0, 0.1) is 11.3 Å². The number of halogens is 1. The molecule has 0 unspecified atom stereocenters. The lowest BCUT2D eigenvalue weighted by Crippen LogP contribution is -2.31. The van der Waals surface area contributed by atoms with Crippen molar-refractivity contribution in [3.8, 4) is 11.8 Å². The summed E-state index contributed by atoms with van der Waals surface area (Å²) in [6.45, 7) is 1.08. The van der Waals surface area contributed by atoms with E-state index in [1.807, 2.05) is 6.07 Å². The zero-order valence-corrected chi connectivity index (χ0v) is 14.0. The number of nitrogens with zero attached hydrogens (tertiary/aromatic N) is 2. The Labute approximate surface area is 149 Å². The predicted molar refractivity (Wildman–Crippen MR) is 90.1 cm³/mol. The van der Waals surface area contributed by atoms with Gasteiger partial charge in [-0.15, -0.1) is 0 Å². The van der Waals surface area contributed by atoms with E-state index in [2.05, 4.69) is 10.3 Å². The molecule has 0 fully saturated rings. The molecule has 2 rings (SSSR count). The third-order valence-electron chi connectivity index (χ3n) is 3.00. The van der Waals surface area contributed by atoms with E-state index in [1.54, 1.807) is 30.3 Å². The number of esters is 1. The highest BCUT2D eigenvalue weighted by Gasteiger charge is 2.18. The number of hydrogen-bond acceptors (Lipinski definition) is 6. The summed E-state index contributed by atoms with van der Waals surface area (Å²) < 4.78 is 10.2. The van der Waals surface area contributed by atoms with Crippen molar-refractivity contribution < 1.29 is 19.1 Å². The van der Waals surface area contributed by atoms with Gasteiger partial charge >= 0.3 is 5.97 Å². The molecule has 128 valence electrons. The molecule has 1 N–H and O–H groups in total. The van der Waals surface area contributed by atoms with E-state index in [9.17, 15) is 9.59 Å². The van der Waals surface area contributed by atoms with E-state index in [4.69, 9.17) is 26.3 Å². The minimum atomic E-state index is -1.02. The van der Waals surface area contributed by atoms with Crippen molar-refractivity contribution in [3.05, 3.63) is 53.2 Å². The van der Waals surface area contributed by atoms with Crippen LogP contribution in [-0.4, -0.2) is 29.6 Å². The average molecular weight is 360 g/mol. The van der Waals surface area contributed by atoms with Crippen molar-refractivity contribution in [2.45, 2.75) is 13.0 Å². The van der Waals surface area contributed by atoms with Crippen molar-refractivity contribution in [1.29, 1.82) is 5.26 Å². The van der Waals surface area contributed by atoms with E-state index < -0.39 is 18.0 Å². The van der Waals surface area contributed by atoms with Gasteiger partial charge in [0.05, 0.1) is 16.7 Å². The summed E-state index contributed by atoms with van der Waals surface area (Å²) in [5.41, 5.74) is 0.482. The smallest absolute Gasteiger partial charge is 0.344 e. The number of pyridine rings is 1. The highest BCUT2D eigenvalue weighted by molar-refractivity contribution is 6.30. The van der Waals surface area contributed by atoms with Gasteiger partial charge in [-0.2, -0.15) is 5.26 Å². The molecule has 0 aliphatic heterocycles. The molecule has 1 atom stereocenters. The zero-order chi connectivity index (χ0) is 18.2. The van der Waals surface area contributed by atoms with Gasteiger partial charge in [-0.3, -0.25) is 4.79 Å². The van der Waals surface area contributed by atoms with Crippen LogP contribution >= 0.6 is 11.6 Å². The summed E-state index contributed by atoms with van der Waals surface area (Å²) in [5, 5.41) is 11.6. The summed E-state index contributed by atoms with van der Waals surface area (Å²) in [6, 6.07) is 11.3. The molecule has 1 aromatic heterocycles. The second kappa shape index (κ2) is 8.66. The molecule has 0 saturated heterocycles. The first-order chi connectivity index (χ1) is 12.0. The molecule has 0 radical (unpaired) electrons. The van der Waals surface area contributed by atoms with Crippen LogP contribution < -0.4 is 10.1 Å². The number of benzene rings is 1. The van der Waals surface area contributed by atoms with Gasteiger partial charge in [-0.25, -0.2) is 9.78 Å². The fraction of sp³-hybridized carbons (Fsp3) is 0.176. The number of amides is 1. The number of aromatic nitrogens is 1. The third-order valence-corrected chi connectivity index (χ3v) is 3.22. The first-order valence-electron chi connectivity index (χ1n) is 7.23. The quantitative estimate of drug-likeness (QED) is 0.795. The lowest BCUT2D eigenvalue weighted by molar-refractivity contribution is -0.155. The summed E-state index contributed by atoms with van der Waals surface area (Å²) in [4.78, 5) is 27.6. The number of rotatable bonds is 6. The van der Waals surface area contributed by atoms with Gasteiger partial charge in [-0.1, -0.05) is 11.6 Å². The molecule has 7 nitrogen and oxygen atoms in total. The van der Waals surface area contributed by atoms with Crippen molar-refractivity contribution in [3.63, 3.8) is 0 Å². The largest absolute Gasteiger partial charge is 0.482 e. The van der Waals surface area contributed by atoms with Crippen molar-refractivity contribution >= 4 is 29.3 Å². The van der Waals surface area contributed by atoms with Gasteiger partial charge in [0, 0.05) is 6.20 Å². The fourth-order valence-electron chi connectivity index (χ4n) is 1.73. The number of anilines is 1. The molecular weight excluding hydrogens is 346 g/mol. The van der Waals surface area contributed by atoms with Gasteiger partial charge in [0.25, 0.3) is 5.91 Å². The third kappa shape index (κ3) is 5.79. The molecule has 1 aromatic carbocycles. The predicted octanol–water partition coefficient (Wildman–Crippen LogP) is 2.56. The molecule has 0 aliphatic carbocycles. The average Bonchev–Trinajstić information content (AvgIpc) is 2.62. The lowest BCUT2D eigenvalue weighted by Gasteiger charge is -2.13. The Bertz CT molecular complexity index is 785. The fourth-order valence-corrected chi connectivity index (χ4v) is 1.84. The molecule has 0 spiro atoms. The monoisotopic (exact) mass is 359 g/mol. The second-order valence-electron chi connectivity index (χ2n) is 4.91. The molecule has 8 heteroatoms. The Morgan fingerprint density at radius 2 is 2.00 bits per heavy atom. The van der Waals surface area contributed by atoms with Crippen LogP contribution in [0.25, 0.3) is 0 Å². The Balaban J connectivity index is 1.79. The number of ether oxygens (including phenoxy) is 2. The van der Waals surface area contributed by atoms with Crippen LogP contribution in [0.15, 0.2) is 42.6 Å². The van der Waals surface area contributed by atoms with Crippen LogP contribution in [0.2, 0.25) is 5.02 Å². The normalized spacial score (nSPS) is 11.1. The minimum Gasteiger partial charge on any atom is -0.482 e. The zero-order valence-electron chi connectivity index (χ0n) is 13.2. The molecule has 2 aromatic rings. The summed E-state index contributed by atoms with van der Waals surface area (Å²) >= 11 is 5.71. The topological polar surface area (TPSA) is 101 Å². The Kier molecular flexibility index (Phi) is 6.32. The Morgan fingerprint density at radius 1 is 1.28 bits per heavy atom. The highest BCUT2D eigenvalue weighted by Crippen LogP contribution is 2.12.